The third kappa shape index (κ3) is 4.05. The first-order chi connectivity index (χ1) is 13.7. The highest BCUT2D eigenvalue weighted by atomic mass is 32.1. The van der Waals surface area contributed by atoms with E-state index < -0.39 is 0 Å². The van der Waals surface area contributed by atoms with Crippen molar-refractivity contribution in [3.05, 3.63) is 107 Å². The number of nitrogens with one attached hydrogen (secondary N) is 1. The maximum absolute atomic E-state index is 3.50. The molecule has 0 aliphatic rings. The summed E-state index contributed by atoms with van der Waals surface area (Å²) in [6.07, 6.45) is 2.21. The second-order valence-electron chi connectivity index (χ2n) is 6.81. The molecule has 0 saturated carbocycles. The van der Waals surface area contributed by atoms with Crippen LogP contribution >= 0.6 is 11.3 Å². The molecule has 0 unspecified atom stereocenters. The highest BCUT2D eigenvalue weighted by molar-refractivity contribution is 7.10. The molecule has 0 fully saturated rings. The van der Waals surface area contributed by atoms with E-state index in [-0.39, 0.29) is 0 Å². The third-order valence-electron chi connectivity index (χ3n) is 4.57. The van der Waals surface area contributed by atoms with E-state index in [4.69, 9.17) is 0 Å². The topological polar surface area (TPSA) is 15.9 Å². The number of aryl methyl sites for hydroxylation is 1. The number of thiazole rings is 1. The van der Waals surface area contributed by atoms with Crippen LogP contribution in [-0.2, 0) is 0 Å². The minimum absolute atomic E-state index is 1.10. The van der Waals surface area contributed by atoms with Crippen molar-refractivity contribution in [3.63, 3.8) is 0 Å². The third-order valence-corrected chi connectivity index (χ3v) is 5.45. The molecule has 0 aliphatic heterocycles. The Labute approximate surface area is 170 Å². The van der Waals surface area contributed by atoms with Crippen LogP contribution in [0.15, 0.2) is 96.0 Å². The van der Waals surface area contributed by atoms with Crippen LogP contribution in [0.25, 0.3) is 23.0 Å². The van der Waals surface area contributed by atoms with Crippen molar-refractivity contribution >= 4 is 23.1 Å². The van der Waals surface area contributed by atoms with Gasteiger partial charge >= 0.3 is 0 Å². The molecule has 0 bridgehead atoms. The van der Waals surface area contributed by atoms with Gasteiger partial charge in [0.15, 0.2) is 0 Å². The predicted octanol–water partition coefficient (Wildman–Crippen LogP) is 6.47. The first-order valence-electron chi connectivity index (χ1n) is 9.37. The Kier molecular flexibility index (Phi) is 5.36. The van der Waals surface area contributed by atoms with Crippen molar-refractivity contribution in [1.82, 2.24) is 0 Å². The summed E-state index contributed by atoms with van der Waals surface area (Å²) in [5.41, 5.74) is 7.05. The van der Waals surface area contributed by atoms with Crippen molar-refractivity contribution in [2.45, 2.75) is 13.8 Å². The van der Waals surface area contributed by atoms with Crippen LogP contribution in [0.4, 0.5) is 5.69 Å². The fourth-order valence-corrected chi connectivity index (χ4v) is 4.20. The van der Waals surface area contributed by atoms with Crippen LogP contribution < -0.4 is 9.88 Å². The number of hydrogen-bond acceptors (Lipinski definition) is 2. The van der Waals surface area contributed by atoms with E-state index in [2.05, 4.69) is 120 Å². The lowest BCUT2D eigenvalue weighted by molar-refractivity contribution is -0.580. The van der Waals surface area contributed by atoms with Gasteiger partial charge in [-0.2, -0.15) is 0 Å². The van der Waals surface area contributed by atoms with Crippen LogP contribution in [0.3, 0.4) is 0 Å². The van der Waals surface area contributed by atoms with Crippen molar-refractivity contribution < 1.29 is 4.57 Å². The van der Waals surface area contributed by atoms with Gasteiger partial charge in [-0.15, -0.1) is 4.57 Å². The van der Waals surface area contributed by atoms with Crippen LogP contribution in [0.2, 0.25) is 0 Å². The highest BCUT2D eigenvalue weighted by Gasteiger charge is 2.22. The van der Waals surface area contributed by atoms with E-state index in [1.165, 1.54) is 21.8 Å². The number of rotatable bonds is 5. The lowest BCUT2D eigenvalue weighted by Crippen LogP contribution is -2.33. The Morgan fingerprint density at radius 3 is 2.18 bits per heavy atom. The molecule has 4 aromatic rings. The molecule has 0 atom stereocenters. The molecule has 1 aromatic heterocycles. The zero-order chi connectivity index (χ0) is 19.3. The average Bonchev–Trinajstić information content (AvgIpc) is 3.14. The Morgan fingerprint density at radius 1 is 0.857 bits per heavy atom. The van der Waals surface area contributed by atoms with Gasteiger partial charge in [-0.3, -0.25) is 0 Å². The molecule has 1 N–H and O–H groups in total. The van der Waals surface area contributed by atoms with Crippen molar-refractivity contribution in [1.29, 1.82) is 0 Å². The van der Waals surface area contributed by atoms with Gasteiger partial charge in [0.25, 0.3) is 5.01 Å². The van der Waals surface area contributed by atoms with Gasteiger partial charge in [0, 0.05) is 35.2 Å². The van der Waals surface area contributed by atoms with Crippen molar-refractivity contribution in [3.8, 4) is 16.9 Å². The molecule has 0 aliphatic carbocycles. The second-order valence-corrected chi connectivity index (χ2v) is 7.70. The molecule has 1 heterocycles. The number of hydrogen-bond donors (Lipinski definition) is 1. The number of aromatic nitrogens is 1. The Bertz CT molecular complexity index is 1080. The molecule has 0 spiro atoms. The Hall–Kier alpha value is -3.17. The maximum Gasteiger partial charge on any atom is 0.269 e. The summed E-state index contributed by atoms with van der Waals surface area (Å²) in [6, 6.07) is 29.5. The fourth-order valence-electron chi connectivity index (χ4n) is 3.17. The second kappa shape index (κ2) is 8.24. The minimum atomic E-state index is 1.10. The molecular weight excluding hydrogens is 360 g/mol. The summed E-state index contributed by atoms with van der Waals surface area (Å²) in [7, 11) is 0. The van der Waals surface area contributed by atoms with Gasteiger partial charge in [0.05, 0.1) is 5.38 Å². The maximum atomic E-state index is 3.50. The zero-order valence-electron chi connectivity index (χ0n) is 16.1. The summed E-state index contributed by atoms with van der Waals surface area (Å²) in [5, 5.41) is 6.91. The molecule has 28 heavy (non-hydrogen) atoms. The van der Waals surface area contributed by atoms with Crippen LogP contribution in [-0.4, -0.2) is 0 Å². The van der Waals surface area contributed by atoms with E-state index >= 15 is 0 Å². The SMILES string of the molecule is C/C(=C/c1scc(-c2ccccc2)[n+]1-c1ccccc1)Nc1ccc(C)cc1. The molecule has 0 amide bonds. The first kappa shape index (κ1) is 18.2. The smallest absolute Gasteiger partial charge is 0.269 e. The Balaban J connectivity index is 1.74. The van der Waals surface area contributed by atoms with Crippen molar-refractivity contribution in [2.75, 3.05) is 5.32 Å². The summed E-state index contributed by atoms with van der Waals surface area (Å²) < 4.78 is 2.32. The van der Waals surface area contributed by atoms with E-state index in [0.717, 1.165) is 17.1 Å². The van der Waals surface area contributed by atoms with Crippen LogP contribution in [0.5, 0.6) is 0 Å². The average molecular weight is 384 g/mol. The lowest BCUT2D eigenvalue weighted by Gasteiger charge is -2.06. The molecule has 138 valence electrons. The van der Waals surface area contributed by atoms with Crippen LogP contribution in [0, 0.1) is 6.92 Å². The van der Waals surface area contributed by atoms with Gasteiger partial charge in [0.2, 0.25) is 11.4 Å². The fraction of sp³-hybridized carbons (Fsp3) is 0.0800. The number of allylic oxidation sites excluding steroid dienone is 1. The van der Waals surface area contributed by atoms with Crippen LogP contribution in [0.1, 0.15) is 17.5 Å². The summed E-state index contributed by atoms with van der Waals surface area (Å²) >= 11 is 1.75. The van der Waals surface area contributed by atoms with Gasteiger partial charge in [0.1, 0.15) is 0 Å². The minimum Gasteiger partial charge on any atom is -0.359 e. The van der Waals surface area contributed by atoms with Gasteiger partial charge in [-0.25, -0.2) is 0 Å². The van der Waals surface area contributed by atoms with E-state index in [1.807, 2.05) is 0 Å². The van der Waals surface area contributed by atoms with Gasteiger partial charge < -0.3 is 5.32 Å². The quantitative estimate of drug-likeness (QED) is 0.390. The summed E-state index contributed by atoms with van der Waals surface area (Å²) in [5.74, 6) is 0. The number of para-hydroxylation sites is 1. The first-order valence-corrected chi connectivity index (χ1v) is 10.2. The summed E-state index contributed by atoms with van der Waals surface area (Å²) in [4.78, 5) is 0. The molecule has 4 rings (SSSR count). The standard InChI is InChI=1S/C25H22N2S/c1-19-13-15-22(16-14-19)26-20(2)17-25-27(23-11-7-4-8-12-23)24(18-28-25)21-9-5-3-6-10-21/h3-18H,1-2H3/p+1. The van der Waals surface area contributed by atoms with Gasteiger partial charge in [-0.1, -0.05) is 65.4 Å². The lowest BCUT2D eigenvalue weighted by atomic mass is 10.1. The Morgan fingerprint density at radius 2 is 1.50 bits per heavy atom. The number of nitrogens with zero attached hydrogens (tertiary/aromatic N) is 1. The molecule has 2 nitrogen and oxygen atoms in total. The monoisotopic (exact) mass is 383 g/mol. The highest BCUT2D eigenvalue weighted by Crippen LogP contribution is 2.24. The predicted molar refractivity (Wildman–Crippen MR) is 120 cm³/mol. The molecule has 3 aromatic carbocycles. The van der Waals surface area contributed by atoms with Crippen molar-refractivity contribution in [2.24, 2.45) is 0 Å². The number of benzene rings is 3. The molecule has 0 saturated heterocycles. The van der Waals surface area contributed by atoms with E-state index in [0.29, 0.717) is 0 Å². The largest absolute Gasteiger partial charge is 0.359 e. The zero-order valence-corrected chi connectivity index (χ0v) is 16.9. The van der Waals surface area contributed by atoms with Gasteiger partial charge in [-0.05, 0) is 38.1 Å². The normalized spacial score (nSPS) is 11.4. The summed E-state index contributed by atoms with van der Waals surface area (Å²) in [6.45, 7) is 4.21. The molecular formula is C25H23N2S+. The molecule has 3 heteroatoms. The number of anilines is 1. The molecule has 0 radical (unpaired) electrons. The van der Waals surface area contributed by atoms with E-state index in [1.54, 1.807) is 11.3 Å². The van der Waals surface area contributed by atoms with E-state index in [9.17, 15) is 0 Å².